The lowest BCUT2D eigenvalue weighted by molar-refractivity contribution is 0.540. The molecule has 0 spiro atoms. The van der Waals surface area contributed by atoms with Crippen LogP contribution in [0.2, 0.25) is 5.15 Å². The molecule has 19 heavy (non-hydrogen) atoms. The van der Waals surface area contributed by atoms with Crippen LogP contribution < -0.4 is 4.90 Å². The summed E-state index contributed by atoms with van der Waals surface area (Å²) in [6.07, 6.45) is 5.14. The fraction of sp³-hybridized carbons (Fsp3) is 0.733. The SMILES string of the molecule is Cc1c(Cl)nc(C(C)(C)C)nc1N(C)C1CCCC1. The Morgan fingerprint density at radius 2 is 1.74 bits per heavy atom. The quantitative estimate of drug-likeness (QED) is 0.764. The van der Waals surface area contributed by atoms with E-state index in [0.29, 0.717) is 11.2 Å². The Bertz CT molecular complexity index is 459. The maximum Gasteiger partial charge on any atom is 0.137 e. The van der Waals surface area contributed by atoms with Crippen molar-refractivity contribution in [3.63, 3.8) is 0 Å². The van der Waals surface area contributed by atoms with Crippen LogP contribution >= 0.6 is 11.6 Å². The third-order valence-electron chi connectivity index (χ3n) is 3.94. The van der Waals surface area contributed by atoms with E-state index in [4.69, 9.17) is 16.6 Å². The maximum absolute atomic E-state index is 6.30. The minimum absolute atomic E-state index is 0.0807. The monoisotopic (exact) mass is 281 g/mol. The molecule has 0 unspecified atom stereocenters. The second-order valence-electron chi connectivity index (χ2n) is 6.59. The van der Waals surface area contributed by atoms with Gasteiger partial charge in [-0.3, -0.25) is 0 Å². The van der Waals surface area contributed by atoms with Gasteiger partial charge >= 0.3 is 0 Å². The maximum atomic E-state index is 6.30. The molecule has 3 nitrogen and oxygen atoms in total. The van der Waals surface area contributed by atoms with Crippen molar-refractivity contribution in [2.75, 3.05) is 11.9 Å². The van der Waals surface area contributed by atoms with Gasteiger partial charge in [0.1, 0.15) is 16.8 Å². The third kappa shape index (κ3) is 3.02. The van der Waals surface area contributed by atoms with Crippen LogP contribution in [0, 0.1) is 6.92 Å². The van der Waals surface area contributed by atoms with Crippen LogP contribution in [0.3, 0.4) is 0 Å². The summed E-state index contributed by atoms with van der Waals surface area (Å²) in [5.74, 6) is 1.82. The molecular weight excluding hydrogens is 258 g/mol. The predicted octanol–water partition coefficient (Wildman–Crippen LogP) is 4.11. The minimum Gasteiger partial charge on any atom is -0.356 e. The number of rotatable bonds is 2. The van der Waals surface area contributed by atoms with E-state index in [9.17, 15) is 0 Å². The summed E-state index contributed by atoms with van der Waals surface area (Å²) in [5.41, 5.74) is 0.909. The van der Waals surface area contributed by atoms with Crippen LogP contribution in [0.15, 0.2) is 0 Å². The highest BCUT2D eigenvalue weighted by Gasteiger charge is 2.26. The van der Waals surface area contributed by atoms with Gasteiger partial charge in [0.05, 0.1) is 0 Å². The van der Waals surface area contributed by atoms with Gasteiger partial charge in [0.15, 0.2) is 0 Å². The van der Waals surface area contributed by atoms with Crippen molar-refractivity contribution >= 4 is 17.4 Å². The van der Waals surface area contributed by atoms with Crippen molar-refractivity contribution in [3.05, 3.63) is 16.5 Å². The molecule has 0 aromatic carbocycles. The van der Waals surface area contributed by atoms with E-state index in [2.05, 4.69) is 37.7 Å². The molecule has 1 fully saturated rings. The van der Waals surface area contributed by atoms with E-state index in [1.54, 1.807) is 0 Å². The number of anilines is 1. The Balaban J connectivity index is 2.40. The molecule has 0 saturated heterocycles. The molecule has 0 aliphatic heterocycles. The van der Waals surface area contributed by atoms with Crippen molar-refractivity contribution in [3.8, 4) is 0 Å². The van der Waals surface area contributed by atoms with Gasteiger partial charge in [-0.25, -0.2) is 9.97 Å². The summed E-state index contributed by atoms with van der Waals surface area (Å²) >= 11 is 6.30. The molecule has 1 aliphatic carbocycles. The van der Waals surface area contributed by atoms with E-state index >= 15 is 0 Å². The average Bonchev–Trinajstić information content (AvgIpc) is 2.83. The van der Waals surface area contributed by atoms with Gasteiger partial charge in [-0.2, -0.15) is 0 Å². The molecule has 0 bridgehead atoms. The number of hydrogen-bond donors (Lipinski definition) is 0. The summed E-state index contributed by atoms with van der Waals surface area (Å²) in [5, 5.41) is 0.583. The van der Waals surface area contributed by atoms with Crippen molar-refractivity contribution in [1.29, 1.82) is 0 Å². The number of nitrogens with zero attached hydrogens (tertiary/aromatic N) is 3. The Morgan fingerprint density at radius 1 is 1.16 bits per heavy atom. The predicted molar refractivity (Wildman–Crippen MR) is 81.1 cm³/mol. The van der Waals surface area contributed by atoms with Crippen LogP contribution in [0.25, 0.3) is 0 Å². The van der Waals surface area contributed by atoms with Gasteiger partial charge < -0.3 is 4.90 Å². The number of hydrogen-bond acceptors (Lipinski definition) is 3. The van der Waals surface area contributed by atoms with Gasteiger partial charge in [0.2, 0.25) is 0 Å². The van der Waals surface area contributed by atoms with Gasteiger partial charge in [-0.1, -0.05) is 45.2 Å². The Morgan fingerprint density at radius 3 is 2.26 bits per heavy atom. The highest BCUT2D eigenvalue weighted by atomic mass is 35.5. The van der Waals surface area contributed by atoms with Gasteiger partial charge in [-0.15, -0.1) is 0 Å². The fourth-order valence-corrected chi connectivity index (χ4v) is 2.79. The van der Waals surface area contributed by atoms with Crippen LogP contribution in [-0.4, -0.2) is 23.1 Å². The zero-order chi connectivity index (χ0) is 14.2. The smallest absolute Gasteiger partial charge is 0.137 e. The number of halogens is 1. The molecule has 0 radical (unpaired) electrons. The van der Waals surface area contributed by atoms with E-state index in [1.807, 2.05) is 6.92 Å². The molecule has 106 valence electrons. The fourth-order valence-electron chi connectivity index (χ4n) is 2.62. The topological polar surface area (TPSA) is 29.0 Å². The molecule has 2 rings (SSSR count). The van der Waals surface area contributed by atoms with Crippen LogP contribution in [-0.2, 0) is 5.41 Å². The van der Waals surface area contributed by atoms with Crippen molar-refractivity contribution < 1.29 is 0 Å². The van der Waals surface area contributed by atoms with Gasteiger partial charge in [0.25, 0.3) is 0 Å². The standard InChI is InChI=1S/C15H24ClN3/c1-10-12(16)17-14(15(2,3)4)18-13(10)19(5)11-8-6-7-9-11/h11H,6-9H2,1-5H3. The summed E-state index contributed by atoms with van der Waals surface area (Å²) in [7, 11) is 2.13. The van der Waals surface area contributed by atoms with Crippen molar-refractivity contribution in [2.45, 2.75) is 64.8 Å². The first-order chi connectivity index (χ1) is 8.80. The van der Waals surface area contributed by atoms with Crippen LogP contribution in [0.4, 0.5) is 5.82 Å². The highest BCUT2D eigenvalue weighted by molar-refractivity contribution is 6.30. The van der Waals surface area contributed by atoms with E-state index in [1.165, 1.54) is 25.7 Å². The average molecular weight is 282 g/mol. The second-order valence-corrected chi connectivity index (χ2v) is 6.94. The Labute approximate surface area is 121 Å². The highest BCUT2D eigenvalue weighted by Crippen LogP contribution is 2.32. The lowest BCUT2D eigenvalue weighted by Gasteiger charge is -2.29. The first-order valence-corrected chi connectivity index (χ1v) is 7.46. The zero-order valence-corrected chi connectivity index (χ0v) is 13.4. The van der Waals surface area contributed by atoms with Crippen molar-refractivity contribution in [2.24, 2.45) is 0 Å². The summed E-state index contributed by atoms with van der Waals surface area (Å²) in [6.45, 7) is 8.36. The van der Waals surface area contributed by atoms with E-state index in [-0.39, 0.29) is 5.41 Å². The first-order valence-electron chi connectivity index (χ1n) is 7.08. The molecule has 4 heteroatoms. The molecule has 1 aromatic heterocycles. The van der Waals surface area contributed by atoms with Crippen molar-refractivity contribution in [1.82, 2.24) is 9.97 Å². The third-order valence-corrected chi connectivity index (χ3v) is 4.31. The lowest BCUT2D eigenvalue weighted by Crippen LogP contribution is -2.31. The molecule has 1 heterocycles. The van der Waals surface area contributed by atoms with Gasteiger partial charge in [-0.05, 0) is 19.8 Å². The molecule has 0 amide bonds. The number of aromatic nitrogens is 2. The summed E-state index contributed by atoms with van der Waals surface area (Å²) in [4.78, 5) is 11.5. The minimum atomic E-state index is -0.0807. The largest absolute Gasteiger partial charge is 0.356 e. The molecule has 0 N–H and O–H groups in total. The summed E-state index contributed by atoms with van der Waals surface area (Å²) in [6, 6.07) is 0.595. The molecule has 1 saturated carbocycles. The van der Waals surface area contributed by atoms with Crippen LogP contribution in [0.1, 0.15) is 57.8 Å². The Kier molecular flexibility index (Phi) is 4.05. The second kappa shape index (κ2) is 5.28. The molecule has 1 aliphatic rings. The first kappa shape index (κ1) is 14.6. The van der Waals surface area contributed by atoms with E-state index in [0.717, 1.165) is 17.2 Å². The molecule has 1 aromatic rings. The lowest BCUT2D eigenvalue weighted by atomic mass is 9.95. The van der Waals surface area contributed by atoms with Crippen LogP contribution in [0.5, 0.6) is 0 Å². The molecule has 0 atom stereocenters. The zero-order valence-electron chi connectivity index (χ0n) is 12.6. The normalized spacial score (nSPS) is 16.9. The van der Waals surface area contributed by atoms with Gasteiger partial charge in [0, 0.05) is 24.1 Å². The van der Waals surface area contributed by atoms with E-state index < -0.39 is 0 Å². The summed E-state index contributed by atoms with van der Waals surface area (Å²) < 4.78 is 0. The molecular formula is C15H24ClN3. The Hall–Kier alpha value is -0.830.